The Morgan fingerprint density at radius 1 is 1.10 bits per heavy atom. The molecular formula is C17H34N2O. The zero-order valence-electron chi connectivity index (χ0n) is 14.4. The first-order chi connectivity index (χ1) is 9.19. The highest BCUT2D eigenvalue weighted by Crippen LogP contribution is 2.45. The smallest absolute Gasteiger partial charge is 0.223 e. The van der Waals surface area contributed by atoms with Crippen molar-refractivity contribution in [2.45, 2.75) is 73.3 Å². The molecule has 1 amide bonds. The number of nitrogens with zero attached hydrogens (tertiary/aromatic N) is 1. The van der Waals surface area contributed by atoms with Crippen LogP contribution in [0.25, 0.3) is 0 Å². The van der Waals surface area contributed by atoms with Gasteiger partial charge < -0.3 is 10.2 Å². The van der Waals surface area contributed by atoms with Crippen molar-refractivity contribution < 1.29 is 4.79 Å². The van der Waals surface area contributed by atoms with Crippen molar-refractivity contribution in [1.82, 2.24) is 10.2 Å². The SMILES string of the molecule is CCN(CC)C(=O)CCNC1CC(C)(C)CC(C)(C)C1. The van der Waals surface area contributed by atoms with E-state index in [1.807, 2.05) is 18.7 Å². The molecule has 0 aromatic carbocycles. The average molecular weight is 282 g/mol. The molecule has 1 fully saturated rings. The van der Waals surface area contributed by atoms with E-state index >= 15 is 0 Å². The van der Waals surface area contributed by atoms with Gasteiger partial charge in [-0.15, -0.1) is 0 Å². The second-order valence-corrected chi connectivity index (χ2v) is 7.88. The third kappa shape index (κ3) is 5.43. The van der Waals surface area contributed by atoms with Gasteiger partial charge in [-0.1, -0.05) is 27.7 Å². The summed E-state index contributed by atoms with van der Waals surface area (Å²) in [6.45, 7) is 16.0. The molecular weight excluding hydrogens is 248 g/mol. The molecule has 1 aliphatic rings. The Morgan fingerprint density at radius 3 is 2.05 bits per heavy atom. The van der Waals surface area contributed by atoms with Crippen LogP contribution in [0.1, 0.15) is 67.2 Å². The minimum atomic E-state index is 0.275. The summed E-state index contributed by atoms with van der Waals surface area (Å²) in [7, 11) is 0. The number of carbonyl (C=O) groups is 1. The van der Waals surface area contributed by atoms with Crippen LogP contribution in [0.5, 0.6) is 0 Å². The van der Waals surface area contributed by atoms with Gasteiger partial charge in [-0.25, -0.2) is 0 Å². The van der Waals surface area contributed by atoms with Gasteiger partial charge in [0.15, 0.2) is 0 Å². The number of nitrogens with one attached hydrogen (secondary N) is 1. The Morgan fingerprint density at radius 2 is 1.60 bits per heavy atom. The van der Waals surface area contributed by atoms with Gasteiger partial charge in [-0.05, 0) is 43.9 Å². The fourth-order valence-corrected chi connectivity index (χ4v) is 4.11. The lowest BCUT2D eigenvalue weighted by Crippen LogP contribution is -2.45. The van der Waals surface area contributed by atoms with E-state index in [1.165, 1.54) is 19.3 Å². The summed E-state index contributed by atoms with van der Waals surface area (Å²) in [6.07, 6.45) is 4.35. The van der Waals surface area contributed by atoms with E-state index in [-0.39, 0.29) is 5.91 Å². The zero-order valence-corrected chi connectivity index (χ0v) is 14.4. The van der Waals surface area contributed by atoms with E-state index in [0.29, 0.717) is 23.3 Å². The van der Waals surface area contributed by atoms with Gasteiger partial charge in [0, 0.05) is 32.1 Å². The minimum Gasteiger partial charge on any atom is -0.343 e. The molecule has 0 unspecified atom stereocenters. The van der Waals surface area contributed by atoms with E-state index in [4.69, 9.17) is 0 Å². The zero-order chi connectivity index (χ0) is 15.4. The van der Waals surface area contributed by atoms with Gasteiger partial charge in [-0.2, -0.15) is 0 Å². The topological polar surface area (TPSA) is 32.3 Å². The molecule has 1 aliphatic carbocycles. The number of rotatable bonds is 6. The van der Waals surface area contributed by atoms with E-state index < -0.39 is 0 Å². The number of hydrogen-bond donors (Lipinski definition) is 1. The highest BCUT2D eigenvalue weighted by molar-refractivity contribution is 5.76. The predicted octanol–water partition coefficient (Wildman–Crippen LogP) is 3.44. The highest BCUT2D eigenvalue weighted by Gasteiger charge is 2.38. The minimum absolute atomic E-state index is 0.275. The molecule has 0 aliphatic heterocycles. The summed E-state index contributed by atoms with van der Waals surface area (Å²) in [5, 5.41) is 3.62. The van der Waals surface area contributed by atoms with Crippen molar-refractivity contribution in [1.29, 1.82) is 0 Å². The van der Waals surface area contributed by atoms with Crippen LogP contribution in [0.15, 0.2) is 0 Å². The van der Waals surface area contributed by atoms with Crippen LogP contribution >= 0.6 is 0 Å². The molecule has 1 saturated carbocycles. The predicted molar refractivity (Wildman–Crippen MR) is 85.7 cm³/mol. The molecule has 0 aromatic rings. The van der Waals surface area contributed by atoms with Crippen molar-refractivity contribution in [2.24, 2.45) is 10.8 Å². The third-order valence-corrected chi connectivity index (χ3v) is 4.44. The van der Waals surface area contributed by atoms with E-state index in [0.717, 1.165) is 19.6 Å². The molecule has 118 valence electrons. The Kier molecular flexibility index (Phi) is 6.06. The van der Waals surface area contributed by atoms with Crippen LogP contribution in [0.2, 0.25) is 0 Å². The maximum atomic E-state index is 12.0. The monoisotopic (exact) mass is 282 g/mol. The van der Waals surface area contributed by atoms with Crippen molar-refractivity contribution >= 4 is 5.91 Å². The first kappa shape index (κ1) is 17.5. The van der Waals surface area contributed by atoms with Crippen molar-refractivity contribution in [3.63, 3.8) is 0 Å². The molecule has 0 atom stereocenters. The maximum Gasteiger partial charge on any atom is 0.223 e. The molecule has 0 heterocycles. The molecule has 3 heteroatoms. The normalized spacial score (nSPS) is 21.7. The largest absolute Gasteiger partial charge is 0.343 e. The summed E-state index contributed by atoms with van der Waals surface area (Å²) in [6, 6.07) is 0.554. The van der Waals surface area contributed by atoms with Gasteiger partial charge in [0.25, 0.3) is 0 Å². The van der Waals surface area contributed by atoms with E-state index in [1.54, 1.807) is 0 Å². The average Bonchev–Trinajstić information content (AvgIpc) is 2.26. The Bertz CT molecular complexity index is 303. The third-order valence-electron chi connectivity index (χ3n) is 4.44. The van der Waals surface area contributed by atoms with Gasteiger partial charge in [-0.3, -0.25) is 4.79 Å². The van der Waals surface area contributed by atoms with Crippen LogP contribution in [-0.4, -0.2) is 36.5 Å². The molecule has 0 spiro atoms. The standard InChI is InChI=1S/C17H34N2O/c1-7-19(8-2)15(20)9-10-18-14-11-16(3,4)13-17(5,6)12-14/h14,18H,7-13H2,1-6H3. The number of hydrogen-bond acceptors (Lipinski definition) is 2. The quantitative estimate of drug-likeness (QED) is 0.809. The second-order valence-electron chi connectivity index (χ2n) is 7.88. The van der Waals surface area contributed by atoms with Gasteiger partial charge in [0.2, 0.25) is 5.91 Å². The van der Waals surface area contributed by atoms with Gasteiger partial charge >= 0.3 is 0 Å². The molecule has 3 nitrogen and oxygen atoms in total. The van der Waals surface area contributed by atoms with Crippen LogP contribution < -0.4 is 5.32 Å². The van der Waals surface area contributed by atoms with Crippen LogP contribution in [0, 0.1) is 10.8 Å². The summed E-state index contributed by atoms with van der Waals surface area (Å²) in [5.74, 6) is 0.275. The van der Waals surface area contributed by atoms with Gasteiger partial charge in [0.05, 0.1) is 0 Å². The first-order valence-corrected chi connectivity index (χ1v) is 8.20. The van der Waals surface area contributed by atoms with Crippen LogP contribution in [0.4, 0.5) is 0 Å². The Labute approximate surface area is 125 Å². The summed E-state index contributed by atoms with van der Waals surface area (Å²) >= 11 is 0. The van der Waals surface area contributed by atoms with Gasteiger partial charge in [0.1, 0.15) is 0 Å². The maximum absolute atomic E-state index is 12.0. The highest BCUT2D eigenvalue weighted by atomic mass is 16.2. The summed E-state index contributed by atoms with van der Waals surface area (Å²) < 4.78 is 0. The Hall–Kier alpha value is -0.570. The number of amides is 1. The van der Waals surface area contributed by atoms with Crippen LogP contribution in [-0.2, 0) is 4.79 Å². The van der Waals surface area contributed by atoms with Crippen molar-refractivity contribution in [3.05, 3.63) is 0 Å². The molecule has 0 saturated heterocycles. The summed E-state index contributed by atoms with van der Waals surface area (Å²) in [4.78, 5) is 13.9. The Balaban J connectivity index is 2.40. The van der Waals surface area contributed by atoms with E-state index in [2.05, 4.69) is 33.0 Å². The second kappa shape index (κ2) is 6.93. The number of carbonyl (C=O) groups excluding carboxylic acids is 1. The fourth-order valence-electron chi connectivity index (χ4n) is 4.11. The molecule has 1 rings (SSSR count). The molecule has 1 N–H and O–H groups in total. The lowest BCUT2D eigenvalue weighted by Gasteiger charge is -2.45. The van der Waals surface area contributed by atoms with Crippen LogP contribution in [0.3, 0.4) is 0 Å². The lowest BCUT2D eigenvalue weighted by atomic mass is 9.63. The molecule has 20 heavy (non-hydrogen) atoms. The van der Waals surface area contributed by atoms with Crippen molar-refractivity contribution in [3.8, 4) is 0 Å². The fraction of sp³-hybridized carbons (Fsp3) is 0.941. The van der Waals surface area contributed by atoms with Crippen molar-refractivity contribution in [2.75, 3.05) is 19.6 Å². The lowest BCUT2D eigenvalue weighted by molar-refractivity contribution is -0.130. The van der Waals surface area contributed by atoms with E-state index in [9.17, 15) is 4.79 Å². The molecule has 0 radical (unpaired) electrons. The molecule has 0 bridgehead atoms. The molecule has 0 aromatic heterocycles. The summed E-state index contributed by atoms with van der Waals surface area (Å²) in [5.41, 5.74) is 0.810. The first-order valence-electron chi connectivity index (χ1n) is 8.20.